The standard InChI is InChI=1S/C10H12BrNO3S/c1-6(11)10(15)12-7(5-9(13)14)8-3-2-4-16-8/h2-4,6-7H,5H2,1H3,(H,12,15)(H,13,14). The first-order chi connectivity index (χ1) is 7.50. The first-order valence-corrected chi connectivity index (χ1v) is 6.50. The van der Waals surface area contributed by atoms with Gasteiger partial charge < -0.3 is 10.4 Å². The molecule has 0 spiro atoms. The van der Waals surface area contributed by atoms with Crippen molar-refractivity contribution in [2.24, 2.45) is 0 Å². The van der Waals surface area contributed by atoms with Gasteiger partial charge >= 0.3 is 5.97 Å². The summed E-state index contributed by atoms with van der Waals surface area (Å²) in [6.45, 7) is 1.70. The first-order valence-electron chi connectivity index (χ1n) is 4.70. The van der Waals surface area contributed by atoms with Gasteiger partial charge in [0.1, 0.15) is 0 Å². The van der Waals surface area contributed by atoms with Crippen molar-refractivity contribution in [1.82, 2.24) is 5.32 Å². The third-order valence-corrected chi connectivity index (χ3v) is 3.34. The SMILES string of the molecule is CC(Br)C(=O)NC(CC(=O)O)c1cccs1. The van der Waals surface area contributed by atoms with Crippen molar-refractivity contribution in [2.45, 2.75) is 24.2 Å². The highest BCUT2D eigenvalue weighted by Gasteiger charge is 2.20. The van der Waals surface area contributed by atoms with E-state index in [2.05, 4.69) is 21.2 Å². The van der Waals surface area contributed by atoms with Crippen molar-refractivity contribution in [3.8, 4) is 0 Å². The number of thiophene rings is 1. The Labute approximate surface area is 106 Å². The molecule has 2 N–H and O–H groups in total. The molecule has 2 atom stereocenters. The largest absolute Gasteiger partial charge is 0.481 e. The number of nitrogens with one attached hydrogen (secondary N) is 1. The third kappa shape index (κ3) is 3.94. The van der Waals surface area contributed by atoms with Crippen molar-refractivity contribution < 1.29 is 14.7 Å². The summed E-state index contributed by atoms with van der Waals surface area (Å²) in [5.74, 6) is -1.14. The maximum atomic E-state index is 11.5. The Morgan fingerprint density at radius 2 is 2.31 bits per heavy atom. The number of carbonyl (C=O) groups is 2. The van der Waals surface area contributed by atoms with Gasteiger partial charge in [0, 0.05) is 4.88 Å². The van der Waals surface area contributed by atoms with E-state index in [1.807, 2.05) is 17.5 Å². The molecule has 0 aromatic carbocycles. The van der Waals surface area contributed by atoms with E-state index in [0.717, 1.165) is 4.88 Å². The van der Waals surface area contributed by atoms with E-state index in [1.165, 1.54) is 11.3 Å². The smallest absolute Gasteiger partial charge is 0.305 e. The van der Waals surface area contributed by atoms with E-state index in [0.29, 0.717) is 0 Å². The lowest BCUT2D eigenvalue weighted by atomic mass is 10.1. The zero-order valence-electron chi connectivity index (χ0n) is 8.64. The Morgan fingerprint density at radius 3 is 2.75 bits per heavy atom. The number of amides is 1. The molecule has 0 fully saturated rings. The summed E-state index contributed by atoms with van der Waals surface area (Å²) < 4.78 is 0. The van der Waals surface area contributed by atoms with Gasteiger partial charge in [-0.1, -0.05) is 22.0 Å². The van der Waals surface area contributed by atoms with Gasteiger partial charge in [-0.2, -0.15) is 0 Å². The van der Waals surface area contributed by atoms with Crippen LogP contribution in [0.5, 0.6) is 0 Å². The van der Waals surface area contributed by atoms with Crippen LogP contribution in [0.3, 0.4) is 0 Å². The number of alkyl halides is 1. The van der Waals surface area contributed by atoms with Crippen LogP contribution >= 0.6 is 27.3 Å². The second kappa shape index (κ2) is 6.00. The third-order valence-electron chi connectivity index (χ3n) is 1.94. The molecule has 1 aromatic heterocycles. The monoisotopic (exact) mass is 305 g/mol. The normalized spacial score (nSPS) is 14.1. The number of carboxylic acids is 1. The molecule has 4 nitrogen and oxygen atoms in total. The van der Waals surface area contributed by atoms with Gasteiger partial charge in [0.05, 0.1) is 17.3 Å². The van der Waals surface area contributed by atoms with Crippen LogP contribution in [0.25, 0.3) is 0 Å². The number of hydrogen-bond acceptors (Lipinski definition) is 3. The summed E-state index contributed by atoms with van der Waals surface area (Å²) in [6.07, 6.45) is -0.105. The van der Waals surface area contributed by atoms with Crippen LogP contribution in [0.1, 0.15) is 24.3 Å². The minimum absolute atomic E-state index is 0.105. The predicted molar refractivity (Wildman–Crippen MR) is 65.8 cm³/mol. The molecule has 1 aromatic rings. The summed E-state index contributed by atoms with van der Waals surface area (Å²) in [7, 11) is 0. The number of hydrogen-bond donors (Lipinski definition) is 2. The molecule has 0 aliphatic heterocycles. The number of carbonyl (C=O) groups excluding carboxylic acids is 1. The Hall–Kier alpha value is -0.880. The summed E-state index contributed by atoms with van der Waals surface area (Å²) in [4.78, 5) is 22.7. The van der Waals surface area contributed by atoms with Crippen molar-refractivity contribution >= 4 is 39.1 Å². The van der Waals surface area contributed by atoms with Crippen molar-refractivity contribution in [1.29, 1.82) is 0 Å². The maximum absolute atomic E-state index is 11.5. The maximum Gasteiger partial charge on any atom is 0.305 e. The molecule has 6 heteroatoms. The van der Waals surface area contributed by atoms with Gasteiger partial charge in [0.25, 0.3) is 0 Å². The average Bonchev–Trinajstić information content (AvgIpc) is 2.68. The van der Waals surface area contributed by atoms with Gasteiger partial charge in [-0.3, -0.25) is 9.59 Å². The van der Waals surface area contributed by atoms with E-state index in [1.54, 1.807) is 6.92 Å². The molecule has 0 saturated heterocycles. The zero-order chi connectivity index (χ0) is 12.1. The average molecular weight is 306 g/mol. The highest BCUT2D eigenvalue weighted by molar-refractivity contribution is 9.10. The molecule has 0 saturated carbocycles. The van der Waals surface area contributed by atoms with Crippen LogP contribution in [0.2, 0.25) is 0 Å². The number of carboxylic acid groups (broad SMARTS) is 1. The van der Waals surface area contributed by atoms with Crippen LogP contribution in [0.4, 0.5) is 0 Å². The van der Waals surface area contributed by atoms with Crippen LogP contribution in [-0.4, -0.2) is 21.8 Å². The summed E-state index contributed by atoms with van der Waals surface area (Å²) in [6, 6.07) is 3.20. The van der Waals surface area contributed by atoms with Crippen LogP contribution < -0.4 is 5.32 Å². The van der Waals surface area contributed by atoms with Crippen LogP contribution in [0, 0.1) is 0 Å². The molecule has 0 bridgehead atoms. The molecular weight excluding hydrogens is 294 g/mol. The van der Waals surface area contributed by atoms with Gasteiger partial charge in [-0.25, -0.2) is 0 Å². The lowest BCUT2D eigenvalue weighted by Gasteiger charge is -2.16. The zero-order valence-corrected chi connectivity index (χ0v) is 11.0. The van der Waals surface area contributed by atoms with E-state index in [-0.39, 0.29) is 17.2 Å². The lowest BCUT2D eigenvalue weighted by Crippen LogP contribution is -2.33. The molecule has 88 valence electrons. The Balaban J connectivity index is 2.72. The summed E-state index contributed by atoms with van der Waals surface area (Å²) in [5, 5.41) is 13.3. The number of aliphatic carboxylic acids is 1. The van der Waals surface area contributed by atoms with Crippen molar-refractivity contribution in [3.05, 3.63) is 22.4 Å². The molecule has 0 aliphatic carbocycles. The second-order valence-electron chi connectivity index (χ2n) is 3.29. The van der Waals surface area contributed by atoms with Crippen LogP contribution in [0.15, 0.2) is 17.5 Å². The van der Waals surface area contributed by atoms with E-state index in [4.69, 9.17) is 5.11 Å². The molecule has 2 unspecified atom stereocenters. The minimum Gasteiger partial charge on any atom is -0.481 e. The Kier molecular flexibility index (Phi) is 4.95. The van der Waals surface area contributed by atoms with Crippen LogP contribution in [-0.2, 0) is 9.59 Å². The molecule has 1 rings (SSSR count). The van der Waals surface area contributed by atoms with Crippen molar-refractivity contribution in [3.63, 3.8) is 0 Å². The van der Waals surface area contributed by atoms with Gasteiger partial charge in [-0.05, 0) is 18.4 Å². The molecule has 1 amide bonds. The highest BCUT2D eigenvalue weighted by Crippen LogP contribution is 2.22. The molecule has 0 aliphatic rings. The summed E-state index contributed by atoms with van der Waals surface area (Å²) in [5.41, 5.74) is 0. The van der Waals surface area contributed by atoms with E-state index >= 15 is 0 Å². The van der Waals surface area contributed by atoms with E-state index in [9.17, 15) is 9.59 Å². The Bertz CT molecular complexity index is 364. The topological polar surface area (TPSA) is 66.4 Å². The predicted octanol–water partition coefficient (Wildman–Crippen LogP) is 2.16. The van der Waals surface area contributed by atoms with E-state index < -0.39 is 12.0 Å². The highest BCUT2D eigenvalue weighted by atomic mass is 79.9. The van der Waals surface area contributed by atoms with Gasteiger partial charge in [0.2, 0.25) is 5.91 Å². The van der Waals surface area contributed by atoms with Gasteiger partial charge in [-0.15, -0.1) is 11.3 Å². The van der Waals surface area contributed by atoms with Gasteiger partial charge in [0.15, 0.2) is 0 Å². The molecule has 0 radical (unpaired) electrons. The first kappa shape index (κ1) is 13.2. The minimum atomic E-state index is -0.930. The number of halogens is 1. The molecule has 1 heterocycles. The fourth-order valence-corrected chi connectivity index (χ4v) is 2.08. The fraction of sp³-hybridized carbons (Fsp3) is 0.400. The Morgan fingerprint density at radius 1 is 1.62 bits per heavy atom. The lowest BCUT2D eigenvalue weighted by molar-refractivity contribution is -0.137. The molecule has 16 heavy (non-hydrogen) atoms. The quantitative estimate of drug-likeness (QED) is 0.819. The fourth-order valence-electron chi connectivity index (χ4n) is 1.17. The number of rotatable bonds is 5. The van der Waals surface area contributed by atoms with Crippen molar-refractivity contribution in [2.75, 3.05) is 0 Å². The second-order valence-corrected chi connectivity index (χ2v) is 5.64. The molecular formula is C10H12BrNO3S. The summed E-state index contributed by atoms with van der Waals surface area (Å²) >= 11 is 4.58.